The summed E-state index contributed by atoms with van der Waals surface area (Å²) in [6, 6.07) is 14.9. The summed E-state index contributed by atoms with van der Waals surface area (Å²) >= 11 is 0. The molecule has 2 aromatic carbocycles. The molecule has 5 rings (SSSR count). The van der Waals surface area contributed by atoms with E-state index in [0.29, 0.717) is 29.5 Å². The number of halogens is 1. The van der Waals surface area contributed by atoms with Crippen LogP contribution in [0, 0.1) is 12.9 Å². The molecule has 1 aliphatic heterocycles. The molecule has 1 amide bonds. The first kappa shape index (κ1) is 19.9. The van der Waals surface area contributed by atoms with Crippen molar-refractivity contribution in [3.63, 3.8) is 0 Å². The van der Waals surface area contributed by atoms with Crippen molar-refractivity contribution in [3.8, 4) is 5.75 Å². The number of aryl methyl sites for hydroxylation is 1. The van der Waals surface area contributed by atoms with Crippen molar-refractivity contribution in [1.29, 1.82) is 0 Å². The van der Waals surface area contributed by atoms with Crippen LogP contribution in [0.4, 0.5) is 4.39 Å². The highest BCUT2D eigenvalue weighted by Gasteiger charge is 2.46. The number of ether oxygens (including phenoxy) is 1. The van der Waals surface area contributed by atoms with Crippen LogP contribution >= 0.6 is 0 Å². The summed E-state index contributed by atoms with van der Waals surface area (Å²) < 4.78 is 19.5. The van der Waals surface area contributed by atoms with Crippen molar-refractivity contribution in [2.75, 3.05) is 20.2 Å². The molecular weight excluding hydrogens is 393 g/mol. The molecule has 0 spiro atoms. The molecule has 2 fully saturated rings. The van der Waals surface area contributed by atoms with E-state index in [1.165, 1.54) is 6.07 Å². The van der Waals surface area contributed by atoms with Crippen LogP contribution in [0.5, 0.6) is 5.75 Å². The highest BCUT2D eigenvalue weighted by Crippen LogP contribution is 2.48. The van der Waals surface area contributed by atoms with Crippen molar-refractivity contribution >= 4 is 16.8 Å². The lowest BCUT2D eigenvalue weighted by atomic mass is 9.98. The standard InChI is InChI=1S/C25H26FN3O2/c1-16-6-7-18(31-15-17-10-13-29(17)2)14-20(16)24(30)28-25(11-12-25)21-4-3-5-22-19(21)8-9-23(26)27-22/h3-9,14,17H,10-13,15H2,1-2H3,(H,28,30). The number of carbonyl (C=O) groups excluding carboxylic acids is 1. The van der Waals surface area contributed by atoms with Gasteiger partial charge in [0.15, 0.2) is 0 Å². The normalized spacial score (nSPS) is 19.6. The molecule has 1 unspecified atom stereocenters. The molecule has 3 aromatic rings. The molecule has 1 saturated carbocycles. The number of nitrogens with one attached hydrogen (secondary N) is 1. The molecule has 0 bridgehead atoms. The van der Waals surface area contributed by atoms with Gasteiger partial charge in [0.05, 0.1) is 11.1 Å². The van der Waals surface area contributed by atoms with E-state index < -0.39 is 11.5 Å². The van der Waals surface area contributed by atoms with E-state index in [1.807, 2.05) is 37.3 Å². The van der Waals surface area contributed by atoms with Gasteiger partial charge in [0, 0.05) is 17.0 Å². The second kappa shape index (κ2) is 7.61. The van der Waals surface area contributed by atoms with Crippen LogP contribution in [0.15, 0.2) is 48.5 Å². The van der Waals surface area contributed by atoms with E-state index in [2.05, 4.69) is 22.2 Å². The number of aromatic nitrogens is 1. The first-order chi connectivity index (χ1) is 14.9. The molecule has 31 heavy (non-hydrogen) atoms. The molecule has 0 radical (unpaired) electrons. The number of carbonyl (C=O) groups is 1. The van der Waals surface area contributed by atoms with E-state index >= 15 is 0 Å². The molecule has 1 aliphatic carbocycles. The van der Waals surface area contributed by atoms with Crippen LogP contribution in [0.3, 0.4) is 0 Å². The lowest BCUT2D eigenvalue weighted by Crippen LogP contribution is -2.48. The van der Waals surface area contributed by atoms with Crippen molar-refractivity contribution in [2.24, 2.45) is 0 Å². The zero-order valence-corrected chi connectivity index (χ0v) is 17.8. The summed E-state index contributed by atoms with van der Waals surface area (Å²) in [5.41, 5.74) is 2.68. The Morgan fingerprint density at radius 2 is 2.10 bits per heavy atom. The fourth-order valence-electron chi connectivity index (χ4n) is 4.33. The number of amides is 1. The summed E-state index contributed by atoms with van der Waals surface area (Å²) in [6.45, 7) is 3.67. The fourth-order valence-corrected chi connectivity index (χ4v) is 4.33. The van der Waals surface area contributed by atoms with E-state index in [9.17, 15) is 9.18 Å². The molecule has 160 valence electrons. The van der Waals surface area contributed by atoms with Gasteiger partial charge in [-0.15, -0.1) is 0 Å². The molecular formula is C25H26FN3O2. The highest BCUT2D eigenvalue weighted by molar-refractivity contribution is 5.97. The van der Waals surface area contributed by atoms with Crippen molar-refractivity contribution in [3.05, 3.63) is 71.2 Å². The van der Waals surface area contributed by atoms with Gasteiger partial charge < -0.3 is 10.1 Å². The quantitative estimate of drug-likeness (QED) is 0.609. The number of nitrogens with zero attached hydrogens (tertiary/aromatic N) is 2. The van der Waals surface area contributed by atoms with Crippen LogP contribution in [0.25, 0.3) is 10.9 Å². The predicted octanol–water partition coefficient (Wildman–Crippen LogP) is 4.18. The van der Waals surface area contributed by atoms with Crippen LogP contribution in [-0.4, -0.2) is 42.0 Å². The third-order valence-electron chi connectivity index (χ3n) is 6.65. The largest absolute Gasteiger partial charge is 0.492 e. The number of likely N-dealkylation sites (N-methyl/N-ethyl adjacent to an activating group) is 1. The molecule has 2 aliphatic rings. The van der Waals surface area contributed by atoms with Crippen molar-refractivity contribution in [2.45, 2.75) is 37.8 Å². The molecule has 6 heteroatoms. The van der Waals surface area contributed by atoms with Gasteiger partial charge in [-0.2, -0.15) is 4.39 Å². The van der Waals surface area contributed by atoms with Crippen molar-refractivity contribution < 1.29 is 13.9 Å². The number of hydrogen-bond donors (Lipinski definition) is 1. The Labute approximate surface area is 181 Å². The van der Waals surface area contributed by atoms with Gasteiger partial charge in [-0.05, 0) is 81.2 Å². The van der Waals surface area contributed by atoms with Gasteiger partial charge in [0.2, 0.25) is 5.95 Å². The summed E-state index contributed by atoms with van der Waals surface area (Å²) in [7, 11) is 2.10. The number of pyridine rings is 1. The number of rotatable bonds is 6. The average molecular weight is 420 g/mol. The van der Waals surface area contributed by atoms with Crippen LogP contribution in [0.1, 0.15) is 40.7 Å². The molecule has 1 saturated heterocycles. The average Bonchev–Trinajstić information content (AvgIpc) is 3.53. The lowest BCUT2D eigenvalue weighted by molar-refractivity contribution is 0.0767. The van der Waals surface area contributed by atoms with Gasteiger partial charge in [-0.3, -0.25) is 9.69 Å². The lowest BCUT2D eigenvalue weighted by Gasteiger charge is -2.37. The third-order valence-corrected chi connectivity index (χ3v) is 6.65. The minimum absolute atomic E-state index is 0.117. The molecule has 5 nitrogen and oxygen atoms in total. The molecule has 1 aromatic heterocycles. The van der Waals surface area contributed by atoms with Gasteiger partial charge in [0.1, 0.15) is 12.4 Å². The van der Waals surface area contributed by atoms with E-state index in [4.69, 9.17) is 4.74 Å². The smallest absolute Gasteiger partial charge is 0.252 e. The Morgan fingerprint density at radius 3 is 2.81 bits per heavy atom. The number of benzene rings is 2. The summed E-state index contributed by atoms with van der Waals surface area (Å²) in [6.07, 6.45) is 2.83. The Kier molecular flexibility index (Phi) is 4.89. The highest BCUT2D eigenvalue weighted by atomic mass is 19.1. The fraction of sp³-hybridized carbons (Fsp3) is 0.360. The number of hydrogen-bond acceptors (Lipinski definition) is 4. The third kappa shape index (κ3) is 3.76. The van der Waals surface area contributed by atoms with Gasteiger partial charge >= 0.3 is 0 Å². The zero-order valence-electron chi connectivity index (χ0n) is 17.8. The molecule has 1 N–H and O–H groups in total. The van der Waals surface area contributed by atoms with Gasteiger partial charge in [-0.25, -0.2) is 4.98 Å². The van der Waals surface area contributed by atoms with Crippen LogP contribution in [0.2, 0.25) is 0 Å². The summed E-state index contributed by atoms with van der Waals surface area (Å²) in [5, 5.41) is 4.12. The first-order valence-corrected chi connectivity index (χ1v) is 10.8. The first-order valence-electron chi connectivity index (χ1n) is 10.8. The topological polar surface area (TPSA) is 54.5 Å². The maximum Gasteiger partial charge on any atom is 0.252 e. The van der Waals surface area contributed by atoms with Crippen molar-refractivity contribution in [1.82, 2.24) is 15.2 Å². The second-order valence-corrected chi connectivity index (χ2v) is 8.75. The van der Waals surface area contributed by atoms with Crippen LogP contribution in [-0.2, 0) is 5.54 Å². The monoisotopic (exact) mass is 419 g/mol. The predicted molar refractivity (Wildman–Crippen MR) is 118 cm³/mol. The molecule has 2 heterocycles. The molecule has 1 atom stereocenters. The Hall–Kier alpha value is -2.99. The second-order valence-electron chi connectivity index (χ2n) is 8.75. The van der Waals surface area contributed by atoms with Crippen LogP contribution < -0.4 is 10.1 Å². The number of likely N-dealkylation sites (tertiary alicyclic amines) is 1. The van der Waals surface area contributed by atoms with E-state index in [0.717, 1.165) is 42.3 Å². The van der Waals surface area contributed by atoms with E-state index in [1.54, 1.807) is 12.1 Å². The minimum atomic E-state index is -0.501. The Balaban J connectivity index is 1.37. The number of fused-ring (bicyclic) bond motifs is 1. The Bertz CT molecular complexity index is 1160. The minimum Gasteiger partial charge on any atom is -0.492 e. The maximum absolute atomic E-state index is 13.6. The zero-order chi connectivity index (χ0) is 21.6. The SMILES string of the molecule is Cc1ccc(OCC2CCN2C)cc1C(=O)NC1(c2cccc3nc(F)ccc23)CC1. The summed E-state index contributed by atoms with van der Waals surface area (Å²) in [5.74, 6) is 0.0954. The van der Waals surface area contributed by atoms with Gasteiger partial charge in [-0.1, -0.05) is 18.2 Å². The van der Waals surface area contributed by atoms with Gasteiger partial charge in [0.25, 0.3) is 5.91 Å². The summed E-state index contributed by atoms with van der Waals surface area (Å²) in [4.78, 5) is 19.5. The Morgan fingerprint density at radius 1 is 1.26 bits per heavy atom. The van der Waals surface area contributed by atoms with E-state index in [-0.39, 0.29) is 5.91 Å². The maximum atomic E-state index is 13.6.